The maximum Gasteiger partial charge on any atom is 0.294 e. The van der Waals surface area contributed by atoms with Crippen LogP contribution in [0.25, 0.3) is 6.08 Å². The zero-order valence-electron chi connectivity index (χ0n) is 6.67. The molecule has 0 aliphatic rings. The summed E-state index contributed by atoms with van der Waals surface area (Å²) in [7, 11) is -4.06. The number of hydrogen-bond donors (Lipinski definition) is 1. The standard InChI is InChI=1S/C8H8O3S.FH/c1-2-7-3-5-8(6-4-7)12(9,10)11;/h2-6H,1H2,(H,9,10,11);1H. The zero-order valence-corrected chi connectivity index (χ0v) is 7.49. The van der Waals surface area contributed by atoms with E-state index in [9.17, 15) is 8.42 Å². The Morgan fingerprint density at radius 3 is 2.00 bits per heavy atom. The van der Waals surface area contributed by atoms with Gasteiger partial charge in [0, 0.05) is 0 Å². The molecule has 0 saturated heterocycles. The summed E-state index contributed by atoms with van der Waals surface area (Å²) < 4.78 is 29.7. The molecule has 0 spiro atoms. The molecular formula is C8H9FO3S. The normalized spacial score (nSPS) is 10.2. The molecule has 13 heavy (non-hydrogen) atoms. The Balaban J connectivity index is 0.00000144. The van der Waals surface area contributed by atoms with Gasteiger partial charge in [-0.2, -0.15) is 8.42 Å². The lowest BCUT2D eigenvalue weighted by atomic mass is 10.2. The topological polar surface area (TPSA) is 54.4 Å². The molecule has 0 atom stereocenters. The molecule has 72 valence electrons. The summed E-state index contributed by atoms with van der Waals surface area (Å²) in [4.78, 5) is -0.104. The third-order valence-electron chi connectivity index (χ3n) is 1.41. The maximum absolute atomic E-state index is 10.6. The summed E-state index contributed by atoms with van der Waals surface area (Å²) in [5.41, 5.74) is 0.808. The summed E-state index contributed by atoms with van der Waals surface area (Å²) >= 11 is 0. The van der Waals surface area contributed by atoms with Gasteiger partial charge in [0.15, 0.2) is 0 Å². The van der Waals surface area contributed by atoms with Gasteiger partial charge in [0.1, 0.15) is 0 Å². The quantitative estimate of drug-likeness (QED) is 0.746. The molecule has 0 aliphatic carbocycles. The molecule has 1 aromatic carbocycles. The van der Waals surface area contributed by atoms with Crippen LogP contribution in [0.2, 0.25) is 0 Å². The van der Waals surface area contributed by atoms with Crippen molar-refractivity contribution in [2.24, 2.45) is 0 Å². The molecule has 1 N–H and O–H groups in total. The van der Waals surface area contributed by atoms with Crippen LogP contribution in [0.4, 0.5) is 4.70 Å². The Morgan fingerprint density at radius 2 is 1.69 bits per heavy atom. The van der Waals surface area contributed by atoms with Gasteiger partial charge < -0.3 is 0 Å². The highest BCUT2D eigenvalue weighted by atomic mass is 32.2. The van der Waals surface area contributed by atoms with Crippen molar-refractivity contribution in [1.29, 1.82) is 0 Å². The highest BCUT2D eigenvalue weighted by Gasteiger charge is 2.07. The van der Waals surface area contributed by atoms with Crippen molar-refractivity contribution in [3.8, 4) is 0 Å². The SMILES string of the molecule is C=Cc1ccc(S(=O)(=O)O)cc1.F. The van der Waals surface area contributed by atoms with E-state index >= 15 is 0 Å². The van der Waals surface area contributed by atoms with E-state index in [0.29, 0.717) is 0 Å². The van der Waals surface area contributed by atoms with Gasteiger partial charge in [0.25, 0.3) is 10.1 Å². The van der Waals surface area contributed by atoms with E-state index < -0.39 is 10.1 Å². The molecule has 0 saturated carbocycles. The summed E-state index contributed by atoms with van der Waals surface area (Å²) in [5.74, 6) is 0. The van der Waals surface area contributed by atoms with Gasteiger partial charge in [-0.05, 0) is 17.7 Å². The van der Waals surface area contributed by atoms with Crippen LogP contribution in [0, 0.1) is 0 Å². The first kappa shape index (κ1) is 11.8. The van der Waals surface area contributed by atoms with E-state index in [-0.39, 0.29) is 9.60 Å². The molecule has 0 aliphatic heterocycles. The van der Waals surface area contributed by atoms with Gasteiger partial charge in [0.2, 0.25) is 0 Å². The second-order valence-electron chi connectivity index (χ2n) is 2.25. The van der Waals surface area contributed by atoms with Crippen molar-refractivity contribution in [2.45, 2.75) is 4.90 Å². The fraction of sp³-hybridized carbons (Fsp3) is 0. The Labute approximate surface area is 75.8 Å². The summed E-state index contributed by atoms with van der Waals surface area (Å²) in [6.07, 6.45) is 1.59. The van der Waals surface area contributed by atoms with E-state index in [1.807, 2.05) is 0 Å². The summed E-state index contributed by atoms with van der Waals surface area (Å²) in [6, 6.07) is 5.78. The number of halogens is 1. The van der Waals surface area contributed by atoms with E-state index in [1.165, 1.54) is 12.1 Å². The lowest BCUT2D eigenvalue weighted by Gasteiger charge is -1.96. The largest absolute Gasteiger partial charge is 0.294 e. The van der Waals surface area contributed by atoms with Crippen LogP contribution in [-0.4, -0.2) is 13.0 Å². The Bertz CT molecular complexity index is 380. The van der Waals surface area contributed by atoms with E-state index in [1.54, 1.807) is 18.2 Å². The molecule has 0 heterocycles. The molecule has 0 unspecified atom stereocenters. The van der Waals surface area contributed by atoms with Crippen LogP contribution in [0.1, 0.15) is 5.56 Å². The third-order valence-corrected chi connectivity index (χ3v) is 2.28. The molecule has 0 bridgehead atoms. The monoisotopic (exact) mass is 204 g/mol. The first-order valence-corrected chi connectivity index (χ1v) is 4.68. The first-order valence-electron chi connectivity index (χ1n) is 3.24. The zero-order chi connectivity index (χ0) is 9.19. The van der Waals surface area contributed by atoms with Gasteiger partial charge in [-0.15, -0.1) is 0 Å². The van der Waals surface area contributed by atoms with Crippen LogP contribution < -0.4 is 0 Å². The maximum atomic E-state index is 10.6. The molecule has 0 radical (unpaired) electrons. The number of hydrogen-bond acceptors (Lipinski definition) is 2. The van der Waals surface area contributed by atoms with Crippen molar-refractivity contribution >= 4 is 16.2 Å². The fourth-order valence-electron chi connectivity index (χ4n) is 0.776. The van der Waals surface area contributed by atoms with Crippen LogP contribution in [0.15, 0.2) is 35.7 Å². The van der Waals surface area contributed by atoms with Gasteiger partial charge in [-0.3, -0.25) is 9.26 Å². The van der Waals surface area contributed by atoms with E-state index in [0.717, 1.165) is 5.56 Å². The lowest BCUT2D eigenvalue weighted by Crippen LogP contribution is -1.96. The third kappa shape index (κ3) is 2.96. The van der Waals surface area contributed by atoms with E-state index in [2.05, 4.69) is 6.58 Å². The van der Waals surface area contributed by atoms with Gasteiger partial charge in [0.05, 0.1) is 4.90 Å². The van der Waals surface area contributed by atoms with Crippen molar-refractivity contribution in [3.05, 3.63) is 36.4 Å². The Hall–Kier alpha value is -1.20. The second kappa shape index (κ2) is 4.15. The van der Waals surface area contributed by atoms with Crippen LogP contribution in [-0.2, 0) is 10.1 Å². The van der Waals surface area contributed by atoms with Crippen molar-refractivity contribution in [3.63, 3.8) is 0 Å². The average molecular weight is 204 g/mol. The summed E-state index contributed by atoms with van der Waals surface area (Å²) in [5, 5.41) is 0. The molecule has 3 nitrogen and oxygen atoms in total. The predicted octanol–water partition coefficient (Wildman–Crippen LogP) is 1.73. The predicted molar refractivity (Wildman–Crippen MR) is 48.9 cm³/mol. The molecule has 1 aromatic rings. The fourth-order valence-corrected chi connectivity index (χ4v) is 1.26. The van der Waals surface area contributed by atoms with Crippen molar-refractivity contribution in [1.82, 2.24) is 0 Å². The first-order chi connectivity index (χ1) is 5.54. The van der Waals surface area contributed by atoms with Crippen LogP contribution in [0.3, 0.4) is 0 Å². The van der Waals surface area contributed by atoms with Gasteiger partial charge in [-0.25, -0.2) is 0 Å². The molecule has 0 aromatic heterocycles. The lowest BCUT2D eigenvalue weighted by molar-refractivity contribution is 0.483. The van der Waals surface area contributed by atoms with Crippen LogP contribution >= 0.6 is 0 Å². The van der Waals surface area contributed by atoms with Gasteiger partial charge in [-0.1, -0.05) is 24.8 Å². The second-order valence-corrected chi connectivity index (χ2v) is 3.67. The Morgan fingerprint density at radius 1 is 1.23 bits per heavy atom. The molecule has 0 amide bonds. The van der Waals surface area contributed by atoms with Crippen LogP contribution in [0.5, 0.6) is 0 Å². The molecular weight excluding hydrogens is 195 g/mol. The minimum atomic E-state index is -4.06. The van der Waals surface area contributed by atoms with Crippen molar-refractivity contribution in [2.75, 3.05) is 0 Å². The van der Waals surface area contributed by atoms with Gasteiger partial charge >= 0.3 is 0 Å². The molecule has 1 rings (SSSR count). The van der Waals surface area contributed by atoms with E-state index in [4.69, 9.17) is 4.55 Å². The highest BCUT2D eigenvalue weighted by molar-refractivity contribution is 7.85. The minimum absolute atomic E-state index is 0. The van der Waals surface area contributed by atoms with Crippen molar-refractivity contribution < 1.29 is 17.7 Å². The number of rotatable bonds is 2. The number of benzene rings is 1. The smallest absolute Gasteiger partial charge is 0.282 e. The molecule has 0 fully saturated rings. The summed E-state index contributed by atoms with van der Waals surface area (Å²) in [6.45, 7) is 3.51. The average Bonchev–Trinajstić information content (AvgIpc) is 2.03. The highest BCUT2D eigenvalue weighted by Crippen LogP contribution is 2.10. The minimum Gasteiger partial charge on any atom is -0.282 e. The Kier molecular flexibility index (Phi) is 3.77. The molecule has 5 heteroatoms.